The number of esters is 2. The SMILES string of the molecule is [N-]=[N+]=CC(=O)OC1CCC(OC(=O)C=[N+]=[N-])CC1. The first-order chi connectivity index (χ1) is 8.65. The highest BCUT2D eigenvalue weighted by Gasteiger charge is 2.26. The molecule has 0 N–H and O–H groups in total. The summed E-state index contributed by atoms with van der Waals surface area (Å²) in [6.07, 6.45) is 3.05. The molecule has 0 bridgehead atoms. The summed E-state index contributed by atoms with van der Waals surface area (Å²) in [7, 11) is 0. The molecule has 96 valence electrons. The average Bonchev–Trinajstić information content (AvgIpc) is 2.32. The zero-order chi connectivity index (χ0) is 13.4. The maximum absolute atomic E-state index is 11.0. The van der Waals surface area contributed by atoms with Gasteiger partial charge < -0.3 is 20.5 Å². The molecule has 1 rings (SSSR count). The van der Waals surface area contributed by atoms with Gasteiger partial charge in [0.2, 0.25) is 0 Å². The topological polar surface area (TPSA) is 125 Å². The van der Waals surface area contributed by atoms with Crippen molar-refractivity contribution in [3.63, 3.8) is 0 Å². The van der Waals surface area contributed by atoms with Crippen molar-refractivity contribution in [3.8, 4) is 0 Å². The molecular weight excluding hydrogens is 240 g/mol. The molecule has 18 heavy (non-hydrogen) atoms. The summed E-state index contributed by atoms with van der Waals surface area (Å²) < 4.78 is 9.95. The van der Waals surface area contributed by atoms with Crippen LogP contribution in [0.5, 0.6) is 0 Å². The molecule has 0 aliphatic heterocycles. The summed E-state index contributed by atoms with van der Waals surface area (Å²) >= 11 is 0. The molecular formula is C10H12N4O4. The van der Waals surface area contributed by atoms with E-state index in [1.165, 1.54) is 0 Å². The number of ether oxygens (including phenoxy) is 2. The lowest BCUT2D eigenvalue weighted by atomic mass is 9.95. The molecule has 1 aliphatic rings. The van der Waals surface area contributed by atoms with Gasteiger partial charge >= 0.3 is 24.4 Å². The summed E-state index contributed by atoms with van der Waals surface area (Å²) in [5, 5.41) is 0. The fourth-order valence-electron chi connectivity index (χ4n) is 1.75. The first-order valence-electron chi connectivity index (χ1n) is 5.41. The van der Waals surface area contributed by atoms with E-state index >= 15 is 0 Å². The van der Waals surface area contributed by atoms with E-state index in [0.29, 0.717) is 38.1 Å². The van der Waals surface area contributed by atoms with Crippen LogP contribution in [0.25, 0.3) is 11.1 Å². The Morgan fingerprint density at radius 3 is 1.50 bits per heavy atom. The van der Waals surface area contributed by atoms with E-state index in [2.05, 4.69) is 9.58 Å². The van der Waals surface area contributed by atoms with Crippen LogP contribution in [0.1, 0.15) is 25.7 Å². The van der Waals surface area contributed by atoms with Gasteiger partial charge in [0.1, 0.15) is 12.2 Å². The van der Waals surface area contributed by atoms with Crippen LogP contribution in [-0.2, 0) is 19.1 Å². The summed E-state index contributed by atoms with van der Waals surface area (Å²) in [5.74, 6) is -1.41. The molecule has 0 aromatic rings. The highest BCUT2D eigenvalue weighted by atomic mass is 16.6. The minimum absolute atomic E-state index is 0.267. The highest BCUT2D eigenvalue weighted by molar-refractivity contribution is 6.21. The van der Waals surface area contributed by atoms with Gasteiger partial charge in [0.25, 0.3) is 0 Å². The number of rotatable bonds is 4. The molecule has 0 heterocycles. The second kappa shape index (κ2) is 7.11. The Balaban J connectivity index is 2.32. The fourth-order valence-corrected chi connectivity index (χ4v) is 1.75. The molecule has 0 radical (unpaired) electrons. The fraction of sp³-hybridized carbons (Fsp3) is 0.600. The van der Waals surface area contributed by atoms with Crippen molar-refractivity contribution in [2.75, 3.05) is 0 Å². The van der Waals surface area contributed by atoms with E-state index in [0.717, 1.165) is 0 Å². The van der Waals surface area contributed by atoms with Gasteiger partial charge in [-0.2, -0.15) is 9.58 Å². The van der Waals surface area contributed by atoms with Gasteiger partial charge in [-0.15, -0.1) is 0 Å². The zero-order valence-electron chi connectivity index (χ0n) is 9.56. The van der Waals surface area contributed by atoms with Crippen molar-refractivity contribution in [3.05, 3.63) is 11.1 Å². The third kappa shape index (κ3) is 4.69. The van der Waals surface area contributed by atoms with Crippen molar-refractivity contribution in [2.45, 2.75) is 37.9 Å². The summed E-state index contributed by atoms with van der Waals surface area (Å²) in [6, 6.07) is 0. The van der Waals surface area contributed by atoms with E-state index in [9.17, 15) is 9.59 Å². The molecule has 0 spiro atoms. The highest BCUT2D eigenvalue weighted by Crippen LogP contribution is 2.23. The summed E-state index contributed by atoms with van der Waals surface area (Å²) in [6.45, 7) is 0. The molecule has 0 aromatic heterocycles. The number of carbonyl (C=O) groups excluding carboxylic acids is 2. The van der Waals surface area contributed by atoms with Crippen LogP contribution in [0.4, 0.5) is 0 Å². The summed E-state index contributed by atoms with van der Waals surface area (Å²) in [5.41, 5.74) is 16.3. The maximum atomic E-state index is 11.0. The van der Waals surface area contributed by atoms with Crippen molar-refractivity contribution < 1.29 is 28.6 Å². The van der Waals surface area contributed by atoms with Gasteiger partial charge in [0.05, 0.1) is 0 Å². The number of carbonyl (C=O) groups is 2. The third-order valence-corrected chi connectivity index (χ3v) is 2.51. The lowest BCUT2D eigenvalue weighted by Crippen LogP contribution is -2.30. The quantitative estimate of drug-likeness (QED) is 0.301. The van der Waals surface area contributed by atoms with Gasteiger partial charge in [0.15, 0.2) is 0 Å². The summed E-state index contributed by atoms with van der Waals surface area (Å²) in [4.78, 5) is 27.1. The van der Waals surface area contributed by atoms with E-state index in [1.54, 1.807) is 0 Å². The van der Waals surface area contributed by atoms with Gasteiger partial charge in [-0.1, -0.05) is 0 Å². The molecule has 0 atom stereocenters. The number of hydrogen-bond donors (Lipinski definition) is 0. The minimum atomic E-state index is -0.703. The van der Waals surface area contributed by atoms with Crippen molar-refractivity contribution in [1.29, 1.82) is 0 Å². The van der Waals surface area contributed by atoms with Gasteiger partial charge in [-0.3, -0.25) is 0 Å². The third-order valence-electron chi connectivity index (χ3n) is 2.51. The Kier molecular flexibility index (Phi) is 5.44. The molecule has 0 unspecified atom stereocenters. The van der Waals surface area contributed by atoms with E-state index < -0.39 is 11.9 Å². The Morgan fingerprint density at radius 1 is 0.889 bits per heavy atom. The maximum Gasteiger partial charge on any atom is 0.413 e. The van der Waals surface area contributed by atoms with Gasteiger partial charge in [-0.25, -0.2) is 9.59 Å². The lowest BCUT2D eigenvalue weighted by molar-refractivity contribution is -0.152. The second-order valence-corrected chi connectivity index (χ2v) is 3.76. The van der Waals surface area contributed by atoms with Crippen LogP contribution < -0.4 is 0 Å². The van der Waals surface area contributed by atoms with Crippen LogP contribution >= 0.6 is 0 Å². The predicted molar refractivity (Wildman–Crippen MR) is 57.6 cm³/mol. The van der Waals surface area contributed by atoms with E-state index in [-0.39, 0.29) is 12.2 Å². The van der Waals surface area contributed by atoms with Crippen LogP contribution in [0.3, 0.4) is 0 Å². The Morgan fingerprint density at radius 2 is 1.22 bits per heavy atom. The smallest absolute Gasteiger partial charge is 0.413 e. The first kappa shape index (κ1) is 13.8. The monoisotopic (exact) mass is 252 g/mol. The normalized spacial score (nSPS) is 22.0. The molecule has 1 aliphatic carbocycles. The van der Waals surface area contributed by atoms with Gasteiger partial charge in [0, 0.05) is 0 Å². The van der Waals surface area contributed by atoms with Crippen LogP contribution in [0.15, 0.2) is 0 Å². The minimum Gasteiger partial charge on any atom is -0.454 e. The van der Waals surface area contributed by atoms with Crippen molar-refractivity contribution in [2.24, 2.45) is 0 Å². The number of nitrogens with zero attached hydrogens (tertiary/aromatic N) is 4. The van der Waals surface area contributed by atoms with Crippen molar-refractivity contribution >= 4 is 24.4 Å². The van der Waals surface area contributed by atoms with Crippen LogP contribution in [0.2, 0.25) is 0 Å². The lowest BCUT2D eigenvalue weighted by Gasteiger charge is -2.26. The first-order valence-corrected chi connectivity index (χ1v) is 5.41. The van der Waals surface area contributed by atoms with Crippen LogP contribution in [-0.4, -0.2) is 46.2 Å². The van der Waals surface area contributed by atoms with E-state index in [1.807, 2.05) is 0 Å². The molecule has 0 amide bonds. The molecule has 1 saturated carbocycles. The van der Waals surface area contributed by atoms with Gasteiger partial charge in [-0.05, 0) is 25.7 Å². The molecule has 1 fully saturated rings. The Hall–Kier alpha value is -2.30. The van der Waals surface area contributed by atoms with Crippen molar-refractivity contribution in [1.82, 2.24) is 0 Å². The predicted octanol–water partition coefficient (Wildman–Crippen LogP) is -0.0148. The zero-order valence-corrected chi connectivity index (χ0v) is 9.56. The van der Waals surface area contributed by atoms with Crippen LogP contribution in [0, 0.1) is 0 Å². The van der Waals surface area contributed by atoms with E-state index in [4.69, 9.17) is 20.5 Å². The molecule has 8 nitrogen and oxygen atoms in total. The molecule has 0 saturated heterocycles. The molecule has 0 aromatic carbocycles. The average molecular weight is 252 g/mol. The number of hydrogen-bond acceptors (Lipinski definition) is 4. The second-order valence-electron chi connectivity index (χ2n) is 3.76. The Bertz CT molecular complexity index is 376. The largest absolute Gasteiger partial charge is 0.454 e. The Labute approximate surface area is 103 Å². The molecule has 8 heteroatoms. The standard InChI is InChI=1S/C10H12N4O4/c11-13-5-9(15)17-7-1-2-8(4-3-7)18-10(16)6-14-12/h5-8H,1-4H2.